The molecule has 0 aromatic heterocycles. The SMILES string of the molecule is CN(CC(=O)Nc1ccc(Br)cc1F)C(CN)C1CC1. The van der Waals surface area contributed by atoms with Crippen LogP contribution in [0.15, 0.2) is 22.7 Å². The molecular formula is C14H19BrFN3O. The first kappa shape index (κ1) is 15.4. The van der Waals surface area contributed by atoms with Crippen LogP contribution in [-0.4, -0.2) is 37.0 Å². The minimum Gasteiger partial charge on any atom is -0.329 e. The summed E-state index contributed by atoms with van der Waals surface area (Å²) >= 11 is 3.18. The van der Waals surface area contributed by atoms with Crippen LogP contribution in [0.5, 0.6) is 0 Å². The maximum Gasteiger partial charge on any atom is 0.238 e. The van der Waals surface area contributed by atoms with Crippen LogP contribution in [0.4, 0.5) is 10.1 Å². The van der Waals surface area contributed by atoms with Gasteiger partial charge in [0.1, 0.15) is 5.82 Å². The number of benzene rings is 1. The molecule has 1 amide bonds. The predicted octanol–water partition coefficient (Wildman–Crippen LogP) is 2.20. The van der Waals surface area contributed by atoms with Crippen LogP contribution in [0.1, 0.15) is 12.8 Å². The van der Waals surface area contributed by atoms with Gasteiger partial charge < -0.3 is 11.1 Å². The fourth-order valence-electron chi connectivity index (χ4n) is 2.34. The molecule has 1 fully saturated rings. The van der Waals surface area contributed by atoms with E-state index in [0.29, 0.717) is 16.9 Å². The molecular weight excluding hydrogens is 325 g/mol. The third-order valence-electron chi connectivity index (χ3n) is 3.57. The Kier molecular flexibility index (Phi) is 5.12. The summed E-state index contributed by atoms with van der Waals surface area (Å²) in [6.07, 6.45) is 2.35. The molecule has 1 saturated carbocycles. The molecule has 110 valence electrons. The Morgan fingerprint density at radius 3 is 2.85 bits per heavy atom. The van der Waals surface area contributed by atoms with Gasteiger partial charge in [-0.3, -0.25) is 9.69 Å². The molecule has 3 N–H and O–H groups in total. The lowest BCUT2D eigenvalue weighted by molar-refractivity contribution is -0.117. The van der Waals surface area contributed by atoms with E-state index in [1.54, 1.807) is 12.1 Å². The summed E-state index contributed by atoms with van der Waals surface area (Å²) in [5.41, 5.74) is 5.94. The molecule has 0 aliphatic heterocycles. The van der Waals surface area contributed by atoms with Gasteiger partial charge in [0.05, 0.1) is 12.2 Å². The van der Waals surface area contributed by atoms with Crippen LogP contribution >= 0.6 is 15.9 Å². The van der Waals surface area contributed by atoms with Crippen molar-refractivity contribution in [1.82, 2.24) is 4.90 Å². The van der Waals surface area contributed by atoms with E-state index in [9.17, 15) is 9.18 Å². The molecule has 1 unspecified atom stereocenters. The van der Waals surface area contributed by atoms with Gasteiger partial charge >= 0.3 is 0 Å². The number of nitrogens with two attached hydrogens (primary N) is 1. The molecule has 1 atom stereocenters. The first-order valence-electron chi connectivity index (χ1n) is 6.66. The second kappa shape index (κ2) is 6.65. The highest BCUT2D eigenvalue weighted by Crippen LogP contribution is 2.34. The van der Waals surface area contributed by atoms with Gasteiger partial charge in [-0.25, -0.2) is 4.39 Å². The number of rotatable bonds is 6. The smallest absolute Gasteiger partial charge is 0.238 e. The number of amides is 1. The first-order chi connectivity index (χ1) is 9.51. The van der Waals surface area contributed by atoms with Crippen molar-refractivity contribution >= 4 is 27.5 Å². The molecule has 1 aromatic rings. The van der Waals surface area contributed by atoms with Gasteiger partial charge in [0, 0.05) is 17.1 Å². The Morgan fingerprint density at radius 1 is 1.60 bits per heavy atom. The normalized spacial score (nSPS) is 16.2. The van der Waals surface area contributed by atoms with Crippen molar-refractivity contribution in [3.8, 4) is 0 Å². The lowest BCUT2D eigenvalue weighted by atomic mass is 10.1. The Balaban J connectivity index is 1.91. The van der Waals surface area contributed by atoms with Crippen molar-refractivity contribution in [2.24, 2.45) is 11.7 Å². The van der Waals surface area contributed by atoms with Gasteiger partial charge in [0.25, 0.3) is 0 Å². The maximum absolute atomic E-state index is 13.6. The highest BCUT2D eigenvalue weighted by atomic mass is 79.9. The van der Waals surface area contributed by atoms with Crippen molar-refractivity contribution in [2.45, 2.75) is 18.9 Å². The quantitative estimate of drug-likeness (QED) is 0.832. The van der Waals surface area contributed by atoms with E-state index in [4.69, 9.17) is 5.73 Å². The van der Waals surface area contributed by atoms with E-state index in [2.05, 4.69) is 21.2 Å². The number of hydrogen-bond acceptors (Lipinski definition) is 3. The predicted molar refractivity (Wildman–Crippen MR) is 80.9 cm³/mol. The molecule has 1 aliphatic carbocycles. The number of nitrogens with zero attached hydrogens (tertiary/aromatic N) is 1. The van der Waals surface area contributed by atoms with Crippen LogP contribution < -0.4 is 11.1 Å². The zero-order valence-corrected chi connectivity index (χ0v) is 13.0. The molecule has 0 saturated heterocycles. The summed E-state index contributed by atoms with van der Waals surface area (Å²) in [6, 6.07) is 4.79. The van der Waals surface area contributed by atoms with Gasteiger partial charge in [0.2, 0.25) is 5.91 Å². The topological polar surface area (TPSA) is 58.4 Å². The molecule has 0 heterocycles. The summed E-state index contributed by atoms with van der Waals surface area (Å²) in [4.78, 5) is 13.9. The van der Waals surface area contributed by atoms with Crippen LogP contribution in [-0.2, 0) is 4.79 Å². The fraction of sp³-hybridized carbons (Fsp3) is 0.500. The Bertz CT molecular complexity index is 493. The summed E-state index contributed by atoms with van der Waals surface area (Å²) in [6.45, 7) is 0.759. The summed E-state index contributed by atoms with van der Waals surface area (Å²) in [5, 5.41) is 2.59. The molecule has 1 aliphatic rings. The van der Waals surface area contributed by atoms with Crippen molar-refractivity contribution in [3.63, 3.8) is 0 Å². The van der Waals surface area contributed by atoms with Gasteiger partial charge in [-0.15, -0.1) is 0 Å². The number of nitrogens with one attached hydrogen (secondary N) is 1. The molecule has 0 spiro atoms. The fourth-order valence-corrected chi connectivity index (χ4v) is 2.67. The van der Waals surface area contributed by atoms with Gasteiger partial charge in [-0.05, 0) is 44.0 Å². The summed E-state index contributed by atoms with van der Waals surface area (Å²) < 4.78 is 14.3. The molecule has 6 heteroatoms. The summed E-state index contributed by atoms with van der Waals surface area (Å²) in [7, 11) is 1.88. The third-order valence-corrected chi connectivity index (χ3v) is 4.07. The van der Waals surface area contributed by atoms with Gasteiger partial charge in [0.15, 0.2) is 0 Å². The average Bonchev–Trinajstić information content (AvgIpc) is 3.18. The molecule has 0 bridgehead atoms. The number of likely N-dealkylation sites (N-methyl/N-ethyl adjacent to an activating group) is 1. The third kappa shape index (κ3) is 4.01. The van der Waals surface area contributed by atoms with Crippen molar-refractivity contribution < 1.29 is 9.18 Å². The Hall–Kier alpha value is -0.980. The standard InChI is InChI=1S/C14H19BrFN3O/c1-19(13(7-17)9-2-3-9)8-14(20)18-12-5-4-10(15)6-11(12)16/h4-6,9,13H,2-3,7-8,17H2,1H3,(H,18,20). The zero-order valence-electron chi connectivity index (χ0n) is 11.4. The second-order valence-corrected chi connectivity index (χ2v) is 6.14. The average molecular weight is 344 g/mol. The lowest BCUT2D eigenvalue weighted by Gasteiger charge is -2.26. The van der Waals surface area contributed by atoms with Crippen LogP contribution in [0.25, 0.3) is 0 Å². The highest BCUT2D eigenvalue weighted by Gasteiger charge is 2.33. The van der Waals surface area contributed by atoms with E-state index < -0.39 is 5.82 Å². The molecule has 20 heavy (non-hydrogen) atoms. The minimum absolute atomic E-state index is 0.197. The number of anilines is 1. The van der Waals surface area contributed by atoms with E-state index >= 15 is 0 Å². The monoisotopic (exact) mass is 343 g/mol. The highest BCUT2D eigenvalue weighted by molar-refractivity contribution is 9.10. The Labute approximate surface area is 126 Å². The van der Waals surface area contributed by atoms with E-state index in [1.807, 2.05) is 11.9 Å². The van der Waals surface area contributed by atoms with E-state index in [-0.39, 0.29) is 24.2 Å². The van der Waals surface area contributed by atoms with Crippen molar-refractivity contribution in [3.05, 3.63) is 28.5 Å². The van der Waals surface area contributed by atoms with E-state index in [1.165, 1.54) is 18.9 Å². The van der Waals surface area contributed by atoms with Crippen molar-refractivity contribution in [1.29, 1.82) is 0 Å². The van der Waals surface area contributed by atoms with Crippen LogP contribution in [0.3, 0.4) is 0 Å². The number of carbonyl (C=O) groups is 1. The molecule has 4 nitrogen and oxygen atoms in total. The minimum atomic E-state index is -0.451. The molecule has 0 radical (unpaired) electrons. The maximum atomic E-state index is 13.6. The largest absolute Gasteiger partial charge is 0.329 e. The van der Waals surface area contributed by atoms with Gasteiger partial charge in [-0.1, -0.05) is 15.9 Å². The first-order valence-corrected chi connectivity index (χ1v) is 7.45. The lowest BCUT2D eigenvalue weighted by Crippen LogP contribution is -2.43. The van der Waals surface area contributed by atoms with Crippen LogP contribution in [0, 0.1) is 11.7 Å². The zero-order chi connectivity index (χ0) is 14.7. The number of halogens is 2. The van der Waals surface area contributed by atoms with Gasteiger partial charge in [-0.2, -0.15) is 0 Å². The second-order valence-electron chi connectivity index (χ2n) is 5.23. The van der Waals surface area contributed by atoms with Crippen LogP contribution in [0.2, 0.25) is 0 Å². The molecule has 2 rings (SSSR count). The number of hydrogen-bond donors (Lipinski definition) is 2. The van der Waals surface area contributed by atoms with Crippen molar-refractivity contribution in [2.75, 3.05) is 25.5 Å². The molecule has 1 aromatic carbocycles. The summed E-state index contributed by atoms with van der Waals surface area (Å²) in [5.74, 6) is -0.0806. The van der Waals surface area contributed by atoms with E-state index in [0.717, 1.165) is 0 Å². The Morgan fingerprint density at radius 2 is 2.30 bits per heavy atom. The number of carbonyl (C=O) groups excluding carboxylic acids is 1.